The van der Waals surface area contributed by atoms with Crippen LogP contribution in [0.2, 0.25) is 0 Å². The Morgan fingerprint density at radius 3 is 1.58 bits per heavy atom. The van der Waals surface area contributed by atoms with Gasteiger partial charge in [0.2, 0.25) is 11.9 Å². The van der Waals surface area contributed by atoms with E-state index in [1.165, 1.54) is 0 Å². The van der Waals surface area contributed by atoms with Crippen molar-refractivity contribution >= 4 is 35.4 Å². The molecule has 0 aromatic carbocycles. The molecule has 0 aliphatic rings. The first-order chi connectivity index (χ1) is 17.4. The van der Waals surface area contributed by atoms with Crippen LogP contribution in [0.15, 0.2) is 10.3 Å². The van der Waals surface area contributed by atoms with Gasteiger partial charge in [0.05, 0.1) is 11.1 Å². The van der Waals surface area contributed by atoms with Crippen LogP contribution >= 0.6 is 23.5 Å². The summed E-state index contributed by atoms with van der Waals surface area (Å²) in [6.07, 6.45) is 3.51. The summed E-state index contributed by atoms with van der Waals surface area (Å²) in [6.45, 7) is 14.2. The van der Waals surface area contributed by atoms with Crippen molar-refractivity contribution in [3.8, 4) is 0 Å². The van der Waals surface area contributed by atoms with Crippen LogP contribution in [0.5, 0.6) is 0 Å². The highest BCUT2D eigenvalue weighted by Crippen LogP contribution is 2.29. The fraction of sp³-hybridized carbons (Fsp3) is 0.750. The van der Waals surface area contributed by atoms with Crippen LogP contribution in [0.4, 0.5) is 11.9 Å². The molecule has 0 saturated heterocycles. The monoisotopic (exact) mass is 536 g/mol. The van der Waals surface area contributed by atoms with E-state index in [0.717, 1.165) is 59.2 Å². The minimum Gasteiger partial charge on any atom is -0.357 e. The van der Waals surface area contributed by atoms with E-state index >= 15 is 0 Å². The Kier molecular flexibility index (Phi) is 12.6. The molecule has 0 atom stereocenters. The second-order valence-electron chi connectivity index (χ2n) is 8.33. The summed E-state index contributed by atoms with van der Waals surface area (Å²) in [5.74, 6) is 4.59. The molecule has 0 aliphatic carbocycles. The first kappa shape index (κ1) is 30.5. The summed E-state index contributed by atoms with van der Waals surface area (Å²) in [5, 5.41) is 15.2. The fourth-order valence-corrected chi connectivity index (χ4v) is 5.24. The van der Waals surface area contributed by atoms with Gasteiger partial charge in [0.1, 0.15) is 0 Å². The molecule has 0 amide bonds. The summed E-state index contributed by atoms with van der Waals surface area (Å²) < 4.78 is 0. The number of thioether (sulfide) groups is 2. The lowest BCUT2D eigenvalue weighted by Crippen LogP contribution is -2.45. The van der Waals surface area contributed by atoms with E-state index in [0.29, 0.717) is 25.0 Å². The zero-order valence-electron chi connectivity index (χ0n) is 23.2. The van der Waals surface area contributed by atoms with Crippen molar-refractivity contribution in [1.29, 1.82) is 0 Å². The molecule has 0 unspecified atom stereocenters. The minimum atomic E-state index is -0.349. The maximum Gasteiger partial charge on any atom is 0.227 e. The predicted molar refractivity (Wildman–Crippen MR) is 152 cm³/mol. The highest BCUT2D eigenvalue weighted by atomic mass is 32.2. The van der Waals surface area contributed by atoms with Crippen LogP contribution < -0.4 is 21.3 Å². The van der Waals surface area contributed by atoms with Crippen molar-refractivity contribution in [2.75, 3.05) is 49.3 Å². The SMILES string of the molecule is CCSc1nc(NCCNC(CC)(CC)c2nc(NC)nc(SCC)n2)nc(C(CC)(CC)NC)n1. The third kappa shape index (κ3) is 7.39. The van der Waals surface area contributed by atoms with E-state index in [1.54, 1.807) is 23.5 Å². The van der Waals surface area contributed by atoms with Crippen molar-refractivity contribution < 1.29 is 0 Å². The van der Waals surface area contributed by atoms with E-state index in [-0.39, 0.29) is 11.1 Å². The van der Waals surface area contributed by atoms with Crippen LogP contribution in [-0.4, -0.2) is 68.6 Å². The molecule has 202 valence electrons. The van der Waals surface area contributed by atoms with Gasteiger partial charge in [0, 0.05) is 20.1 Å². The molecule has 2 heterocycles. The van der Waals surface area contributed by atoms with Gasteiger partial charge >= 0.3 is 0 Å². The van der Waals surface area contributed by atoms with Gasteiger partial charge in [-0.1, -0.05) is 65.1 Å². The van der Waals surface area contributed by atoms with E-state index < -0.39 is 0 Å². The fourth-order valence-electron chi connectivity index (χ4n) is 4.12. The van der Waals surface area contributed by atoms with Crippen molar-refractivity contribution in [2.45, 2.75) is 88.6 Å². The van der Waals surface area contributed by atoms with Crippen LogP contribution in [0, 0.1) is 0 Å². The van der Waals surface area contributed by atoms with Gasteiger partial charge in [0.15, 0.2) is 22.0 Å². The Morgan fingerprint density at radius 1 is 0.611 bits per heavy atom. The van der Waals surface area contributed by atoms with E-state index in [9.17, 15) is 0 Å². The maximum absolute atomic E-state index is 4.81. The topological polar surface area (TPSA) is 125 Å². The number of anilines is 2. The first-order valence-corrected chi connectivity index (χ1v) is 15.0. The lowest BCUT2D eigenvalue weighted by Gasteiger charge is -2.32. The summed E-state index contributed by atoms with van der Waals surface area (Å²) in [4.78, 5) is 28.2. The molecule has 0 spiro atoms. The summed E-state index contributed by atoms with van der Waals surface area (Å²) in [5.41, 5.74) is -0.614. The lowest BCUT2D eigenvalue weighted by molar-refractivity contribution is 0.292. The smallest absolute Gasteiger partial charge is 0.227 e. The maximum atomic E-state index is 4.81. The Morgan fingerprint density at radius 2 is 1.11 bits per heavy atom. The molecule has 4 N–H and O–H groups in total. The minimum absolute atomic E-state index is 0.266. The molecule has 36 heavy (non-hydrogen) atoms. The largest absolute Gasteiger partial charge is 0.357 e. The first-order valence-electron chi connectivity index (χ1n) is 13.0. The second-order valence-corrected chi connectivity index (χ2v) is 10.8. The molecule has 0 bridgehead atoms. The van der Waals surface area contributed by atoms with Crippen molar-refractivity contribution in [1.82, 2.24) is 40.5 Å². The van der Waals surface area contributed by atoms with Crippen molar-refractivity contribution in [3.63, 3.8) is 0 Å². The number of hydrogen-bond donors (Lipinski definition) is 4. The Balaban J connectivity index is 2.21. The summed E-state index contributed by atoms with van der Waals surface area (Å²) in [6, 6.07) is 0. The zero-order valence-corrected chi connectivity index (χ0v) is 24.8. The number of nitrogens with zero attached hydrogens (tertiary/aromatic N) is 6. The van der Waals surface area contributed by atoms with Crippen LogP contribution in [-0.2, 0) is 11.1 Å². The highest BCUT2D eigenvalue weighted by Gasteiger charge is 2.33. The molecule has 0 radical (unpaired) electrons. The number of hydrogen-bond acceptors (Lipinski definition) is 12. The quantitative estimate of drug-likeness (QED) is 0.170. The number of aromatic nitrogens is 6. The highest BCUT2D eigenvalue weighted by molar-refractivity contribution is 7.99. The molecule has 2 aromatic rings. The van der Waals surface area contributed by atoms with Gasteiger partial charge < -0.3 is 21.3 Å². The molecular weight excluding hydrogens is 492 g/mol. The molecular formula is C24H44N10S2. The Bertz CT molecular complexity index is 927. The van der Waals surface area contributed by atoms with Gasteiger partial charge in [0.25, 0.3) is 0 Å². The van der Waals surface area contributed by atoms with Gasteiger partial charge in [-0.3, -0.25) is 0 Å². The molecule has 0 saturated carbocycles. The van der Waals surface area contributed by atoms with Crippen LogP contribution in [0.25, 0.3) is 0 Å². The van der Waals surface area contributed by atoms with Crippen molar-refractivity contribution in [3.05, 3.63) is 11.6 Å². The van der Waals surface area contributed by atoms with Gasteiger partial charge in [-0.25, -0.2) is 9.97 Å². The molecule has 12 heteroatoms. The van der Waals surface area contributed by atoms with E-state index in [2.05, 4.69) is 72.8 Å². The van der Waals surface area contributed by atoms with Gasteiger partial charge in [-0.15, -0.1) is 0 Å². The van der Waals surface area contributed by atoms with Gasteiger partial charge in [-0.2, -0.15) is 19.9 Å². The Hall–Kier alpha value is -1.76. The third-order valence-electron chi connectivity index (χ3n) is 6.62. The average molecular weight is 537 g/mol. The molecule has 0 fully saturated rings. The Labute approximate surface area is 225 Å². The van der Waals surface area contributed by atoms with Gasteiger partial charge in [-0.05, 0) is 44.2 Å². The molecule has 2 rings (SSSR count). The van der Waals surface area contributed by atoms with Crippen LogP contribution in [0.3, 0.4) is 0 Å². The third-order valence-corrected chi connectivity index (χ3v) is 8.08. The molecule has 10 nitrogen and oxygen atoms in total. The average Bonchev–Trinajstić information content (AvgIpc) is 2.90. The second kappa shape index (κ2) is 14.8. The van der Waals surface area contributed by atoms with E-state index in [4.69, 9.17) is 19.9 Å². The normalized spacial score (nSPS) is 12.1. The summed E-state index contributed by atoms with van der Waals surface area (Å²) in [7, 11) is 3.81. The van der Waals surface area contributed by atoms with Crippen LogP contribution in [0.1, 0.15) is 78.9 Å². The molecule has 0 aliphatic heterocycles. The number of rotatable bonds is 17. The summed E-state index contributed by atoms with van der Waals surface area (Å²) >= 11 is 3.26. The standard InChI is InChI=1S/C24H44N10S2/c1-9-23(10-2,26-8)17-30-20(34-22(31-17)36-14-6)27-15-16-28-24(11-3,12-4)18-29-19(25-7)33-21(32-18)35-13-5/h26,28H,9-16H2,1-8H3,(H,25,29,32,33)(H,27,30,31,34). The zero-order chi connectivity index (χ0) is 26.6. The van der Waals surface area contributed by atoms with E-state index in [1.807, 2.05) is 14.1 Å². The molecule has 2 aromatic heterocycles. The number of nitrogens with one attached hydrogen (secondary N) is 4. The predicted octanol–water partition coefficient (Wildman–Crippen LogP) is 4.27. The lowest BCUT2D eigenvalue weighted by atomic mass is 9.91. The van der Waals surface area contributed by atoms with Crippen molar-refractivity contribution in [2.24, 2.45) is 0 Å².